The smallest absolute Gasteiger partial charge is 0.326 e. The summed E-state index contributed by atoms with van der Waals surface area (Å²) in [5.74, 6) is -2.10. The van der Waals surface area contributed by atoms with Crippen molar-refractivity contribution in [2.24, 2.45) is 0 Å². The first-order valence-electron chi connectivity index (χ1n) is 8.40. The normalized spacial score (nSPS) is 23.7. The summed E-state index contributed by atoms with van der Waals surface area (Å²) in [4.78, 5) is 13.7. The van der Waals surface area contributed by atoms with Crippen molar-refractivity contribution in [2.75, 3.05) is 30.5 Å². The SMILES string of the molecule is CCCN1CCCC(c2ccc(O)c(N3CC(=O)NS3(=O)=O)c2F)C1. The van der Waals surface area contributed by atoms with Crippen LogP contribution in [0.15, 0.2) is 12.1 Å². The number of carbonyl (C=O) groups is 1. The van der Waals surface area contributed by atoms with Gasteiger partial charge in [-0.1, -0.05) is 13.0 Å². The molecule has 138 valence electrons. The highest BCUT2D eigenvalue weighted by Crippen LogP contribution is 2.39. The van der Waals surface area contributed by atoms with E-state index in [1.54, 1.807) is 4.72 Å². The van der Waals surface area contributed by atoms with Gasteiger partial charge in [-0.05, 0) is 49.9 Å². The van der Waals surface area contributed by atoms with Crippen molar-refractivity contribution in [2.45, 2.75) is 32.1 Å². The minimum Gasteiger partial charge on any atom is -0.506 e. The summed E-state index contributed by atoms with van der Waals surface area (Å²) in [7, 11) is -4.18. The summed E-state index contributed by atoms with van der Waals surface area (Å²) in [6.07, 6.45) is 2.74. The van der Waals surface area contributed by atoms with E-state index in [0.717, 1.165) is 32.4 Å². The molecule has 0 spiro atoms. The van der Waals surface area contributed by atoms with E-state index < -0.39 is 39.9 Å². The molecule has 25 heavy (non-hydrogen) atoms. The second kappa shape index (κ2) is 6.80. The Morgan fingerprint density at radius 1 is 1.40 bits per heavy atom. The van der Waals surface area contributed by atoms with Crippen LogP contribution in [-0.4, -0.2) is 50.5 Å². The Morgan fingerprint density at radius 2 is 2.16 bits per heavy atom. The Hall–Kier alpha value is -1.87. The zero-order valence-electron chi connectivity index (χ0n) is 14.0. The van der Waals surface area contributed by atoms with E-state index in [1.165, 1.54) is 12.1 Å². The quantitative estimate of drug-likeness (QED) is 0.833. The molecule has 1 unspecified atom stereocenters. The van der Waals surface area contributed by atoms with E-state index in [1.807, 2.05) is 0 Å². The maximum Gasteiger partial charge on any atom is 0.326 e. The maximum atomic E-state index is 15.1. The van der Waals surface area contributed by atoms with Gasteiger partial charge in [-0.2, -0.15) is 8.42 Å². The molecule has 2 aliphatic heterocycles. The number of piperidine rings is 1. The lowest BCUT2D eigenvalue weighted by Crippen LogP contribution is -2.35. The number of phenolic OH excluding ortho intramolecular Hbond substituents is 1. The number of rotatable bonds is 4. The second-order valence-electron chi connectivity index (χ2n) is 6.51. The predicted molar refractivity (Wildman–Crippen MR) is 91.2 cm³/mol. The maximum absolute atomic E-state index is 15.1. The van der Waals surface area contributed by atoms with E-state index in [4.69, 9.17) is 0 Å². The molecule has 2 N–H and O–H groups in total. The molecule has 0 bridgehead atoms. The summed E-state index contributed by atoms with van der Waals surface area (Å²) >= 11 is 0. The Balaban J connectivity index is 1.97. The summed E-state index contributed by atoms with van der Waals surface area (Å²) in [5, 5.41) is 10.0. The minimum absolute atomic E-state index is 0.0754. The van der Waals surface area contributed by atoms with E-state index in [9.17, 15) is 18.3 Å². The van der Waals surface area contributed by atoms with E-state index >= 15 is 4.39 Å². The number of aromatic hydroxyl groups is 1. The highest BCUT2D eigenvalue weighted by Gasteiger charge is 2.38. The zero-order valence-corrected chi connectivity index (χ0v) is 14.9. The van der Waals surface area contributed by atoms with Gasteiger partial charge in [0.25, 0.3) is 5.91 Å². The second-order valence-corrected chi connectivity index (χ2v) is 8.11. The summed E-state index contributed by atoms with van der Waals surface area (Å²) in [5.41, 5.74) is -0.0772. The third-order valence-electron chi connectivity index (χ3n) is 4.68. The molecule has 1 aromatic carbocycles. The standard InChI is InChI=1S/C16H22FN3O4S/c1-2-7-19-8-3-4-11(9-19)12-5-6-13(21)16(15(12)17)20-10-14(22)18-25(20,23)24/h5-6,11,21H,2-4,7-10H2,1H3,(H,18,22). The Morgan fingerprint density at radius 3 is 2.80 bits per heavy atom. The predicted octanol–water partition coefficient (Wildman–Crippen LogP) is 1.30. The van der Waals surface area contributed by atoms with Crippen LogP contribution in [0.3, 0.4) is 0 Å². The van der Waals surface area contributed by atoms with Crippen LogP contribution in [-0.2, 0) is 15.0 Å². The number of nitrogens with one attached hydrogen (secondary N) is 1. The van der Waals surface area contributed by atoms with Crippen LogP contribution in [0.1, 0.15) is 37.7 Å². The van der Waals surface area contributed by atoms with Gasteiger partial charge in [0.05, 0.1) is 0 Å². The molecule has 2 heterocycles. The van der Waals surface area contributed by atoms with Crippen molar-refractivity contribution in [3.8, 4) is 5.75 Å². The van der Waals surface area contributed by atoms with E-state index in [-0.39, 0.29) is 5.92 Å². The lowest BCUT2D eigenvalue weighted by Gasteiger charge is -2.33. The molecule has 0 aromatic heterocycles. The summed E-state index contributed by atoms with van der Waals surface area (Å²) < 4.78 is 41.5. The van der Waals surface area contributed by atoms with E-state index in [2.05, 4.69) is 11.8 Å². The summed E-state index contributed by atoms with van der Waals surface area (Å²) in [6.45, 7) is 4.14. The van der Waals surface area contributed by atoms with Crippen LogP contribution in [0.2, 0.25) is 0 Å². The number of hydrogen-bond acceptors (Lipinski definition) is 5. The van der Waals surface area contributed by atoms with Crippen LogP contribution < -0.4 is 9.03 Å². The number of halogens is 1. The number of carbonyl (C=O) groups excluding carboxylic acids is 1. The third kappa shape index (κ3) is 3.43. The largest absolute Gasteiger partial charge is 0.506 e. The Labute approximate surface area is 146 Å². The van der Waals surface area contributed by atoms with Crippen molar-refractivity contribution in [1.82, 2.24) is 9.62 Å². The molecule has 2 aliphatic rings. The Bertz CT molecular complexity index is 782. The number of amides is 1. The Kier molecular flexibility index (Phi) is 4.88. The molecule has 1 aromatic rings. The molecule has 1 amide bonds. The summed E-state index contributed by atoms with van der Waals surface area (Å²) in [6, 6.07) is 2.80. The van der Waals surface area contributed by atoms with Crippen molar-refractivity contribution < 1.29 is 22.7 Å². The minimum atomic E-state index is -4.18. The topological polar surface area (TPSA) is 89.9 Å². The molecule has 7 nitrogen and oxygen atoms in total. The van der Waals surface area contributed by atoms with Gasteiger partial charge in [-0.25, -0.2) is 13.4 Å². The fraction of sp³-hybridized carbons (Fsp3) is 0.562. The van der Waals surface area contributed by atoms with Crippen molar-refractivity contribution >= 4 is 21.8 Å². The first-order valence-corrected chi connectivity index (χ1v) is 9.84. The molecule has 0 saturated carbocycles. The fourth-order valence-corrected chi connectivity index (χ4v) is 4.76. The molecule has 0 radical (unpaired) electrons. The van der Waals surface area contributed by atoms with Crippen molar-refractivity contribution in [3.63, 3.8) is 0 Å². The van der Waals surface area contributed by atoms with Crippen LogP contribution >= 0.6 is 0 Å². The van der Waals surface area contributed by atoms with E-state index in [0.29, 0.717) is 16.4 Å². The van der Waals surface area contributed by atoms with Crippen LogP contribution in [0.5, 0.6) is 5.75 Å². The van der Waals surface area contributed by atoms with Crippen LogP contribution in [0.4, 0.5) is 10.1 Å². The highest BCUT2D eigenvalue weighted by molar-refractivity contribution is 7.92. The monoisotopic (exact) mass is 371 g/mol. The first-order chi connectivity index (χ1) is 11.8. The number of anilines is 1. The lowest BCUT2D eigenvalue weighted by molar-refractivity contribution is -0.117. The molecular weight excluding hydrogens is 349 g/mol. The van der Waals surface area contributed by atoms with Crippen molar-refractivity contribution in [1.29, 1.82) is 0 Å². The van der Waals surface area contributed by atoms with Gasteiger partial charge in [0, 0.05) is 6.54 Å². The average Bonchev–Trinajstić information content (AvgIpc) is 2.80. The lowest BCUT2D eigenvalue weighted by atomic mass is 9.89. The van der Waals surface area contributed by atoms with Gasteiger partial charge in [0.1, 0.15) is 18.0 Å². The number of hydrogen-bond donors (Lipinski definition) is 2. The van der Waals surface area contributed by atoms with Gasteiger partial charge in [-0.15, -0.1) is 0 Å². The molecule has 3 rings (SSSR count). The van der Waals surface area contributed by atoms with Crippen molar-refractivity contribution in [3.05, 3.63) is 23.5 Å². The number of benzene rings is 1. The average molecular weight is 371 g/mol. The molecule has 2 fully saturated rings. The van der Waals surface area contributed by atoms with Gasteiger partial charge < -0.3 is 10.0 Å². The molecular formula is C16H22FN3O4S. The zero-order chi connectivity index (χ0) is 18.2. The third-order valence-corrected chi connectivity index (χ3v) is 6.06. The number of likely N-dealkylation sites (tertiary alicyclic amines) is 1. The van der Waals surface area contributed by atoms with Gasteiger partial charge >= 0.3 is 10.2 Å². The molecule has 0 aliphatic carbocycles. The molecule has 9 heteroatoms. The fourth-order valence-electron chi connectivity index (χ4n) is 3.60. The highest BCUT2D eigenvalue weighted by atomic mass is 32.2. The van der Waals surface area contributed by atoms with Gasteiger partial charge in [0.15, 0.2) is 5.82 Å². The number of phenols is 1. The van der Waals surface area contributed by atoms with Crippen LogP contribution in [0.25, 0.3) is 0 Å². The molecule has 1 atom stereocenters. The first kappa shape index (κ1) is 17.9. The number of nitrogens with zero attached hydrogens (tertiary/aromatic N) is 2. The van der Waals surface area contributed by atoms with Gasteiger partial charge in [0.2, 0.25) is 0 Å². The molecule has 2 saturated heterocycles. The van der Waals surface area contributed by atoms with Gasteiger partial charge in [-0.3, -0.25) is 4.79 Å². The van der Waals surface area contributed by atoms with Crippen LogP contribution in [0, 0.1) is 5.82 Å².